The Balaban J connectivity index is 1.71. The van der Waals surface area contributed by atoms with Crippen molar-refractivity contribution < 1.29 is 9.31 Å². The van der Waals surface area contributed by atoms with Crippen molar-refractivity contribution in [3.8, 4) is 5.75 Å². The zero-order valence-corrected chi connectivity index (χ0v) is 18.0. The molecule has 0 aliphatic carbocycles. The third kappa shape index (κ3) is 3.79. The minimum Gasteiger partial charge on any atom is -0.497 e. The van der Waals surface area contributed by atoms with Gasteiger partial charge in [0.25, 0.3) is 0 Å². The van der Waals surface area contributed by atoms with Crippen LogP contribution in [-0.4, -0.2) is 38.5 Å². The smallest absolute Gasteiger partial charge is 0.220 e. The highest BCUT2D eigenvalue weighted by atomic mass is 16.5. The van der Waals surface area contributed by atoms with Crippen LogP contribution in [0.3, 0.4) is 0 Å². The second-order valence-electron chi connectivity index (χ2n) is 7.58. The molecule has 30 heavy (non-hydrogen) atoms. The van der Waals surface area contributed by atoms with Gasteiger partial charge in [-0.25, -0.2) is 0 Å². The third-order valence-corrected chi connectivity index (χ3v) is 5.47. The zero-order chi connectivity index (χ0) is 21.1. The van der Waals surface area contributed by atoms with E-state index in [0.717, 1.165) is 5.75 Å². The van der Waals surface area contributed by atoms with E-state index in [-0.39, 0.29) is 0 Å². The van der Waals surface area contributed by atoms with Crippen LogP contribution in [0.4, 0.5) is 11.4 Å². The first kappa shape index (κ1) is 19.7. The highest BCUT2D eigenvalue weighted by Crippen LogP contribution is 2.36. The van der Waals surface area contributed by atoms with E-state index in [0.29, 0.717) is 0 Å². The monoisotopic (exact) mass is 395 g/mol. The summed E-state index contributed by atoms with van der Waals surface area (Å²) in [4.78, 5) is 2.11. The number of para-hydroxylation sites is 1. The van der Waals surface area contributed by atoms with Gasteiger partial charge in [-0.3, -0.25) is 0 Å². The summed E-state index contributed by atoms with van der Waals surface area (Å²) in [5, 5.41) is 0. The Kier molecular flexibility index (Phi) is 5.53. The van der Waals surface area contributed by atoms with Gasteiger partial charge in [-0.15, -0.1) is 0 Å². The van der Waals surface area contributed by atoms with Crippen LogP contribution in [0, 0.1) is 0 Å². The summed E-state index contributed by atoms with van der Waals surface area (Å²) in [7, 11) is 7.93. The molecule has 0 bridgehead atoms. The van der Waals surface area contributed by atoms with Gasteiger partial charge >= 0.3 is 0 Å². The fraction of sp³-hybridized carbons (Fsp3) is 0.148. The second-order valence-corrected chi connectivity index (χ2v) is 7.58. The van der Waals surface area contributed by atoms with E-state index >= 15 is 0 Å². The molecule has 3 aromatic rings. The van der Waals surface area contributed by atoms with E-state index in [1.165, 1.54) is 39.3 Å². The lowest BCUT2D eigenvalue weighted by Gasteiger charge is -2.11. The van der Waals surface area contributed by atoms with Gasteiger partial charge in [0.05, 0.1) is 18.2 Å². The van der Waals surface area contributed by atoms with Crippen LogP contribution in [0.25, 0.3) is 11.6 Å². The Hall–Kier alpha value is -3.59. The lowest BCUT2D eigenvalue weighted by molar-refractivity contribution is -0.400. The maximum atomic E-state index is 5.33. The first-order chi connectivity index (χ1) is 14.6. The van der Waals surface area contributed by atoms with Crippen molar-refractivity contribution in [1.29, 1.82) is 0 Å². The lowest BCUT2D eigenvalue weighted by Crippen LogP contribution is -2.09. The number of hydrogen-bond donors (Lipinski definition) is 0. The van der Waals surface area contributed by atoms with Gasteiger partial charge in [0.2, 0.25) is 11.4 Å². The first-order valence-electron chi connectivity index (χ1n) is 10.1. The number of hydrogen-bond acceptors (Lipinski definition) is 2. The van der Waals surface area contributed by atoms with Gasteiger partial charge < -0.3 is 9.64 Å². The molecule has 0 unspecified atom stereocenters. The predicted molar refractivity (Wildman–Crippen MR) is 127 cm³/mol. The van der Waals surface area contributed by atoms with Gasteiger partial charge in [-0.2, -0.15) is 4.58 Å². The Bertz CT molecular complexity index is 1130. The molecule has 0 spiro atoms. The molecular weight excluding hydrogens is 368 g/mol. The van der Waals surface area contributed by atoms with Gasteiger partial charge in [0.15, 0.2) is 0 Å². The number of ether oxygens (including phenoxy) is 1. The fourth-order valence-corrected chi connectivity index (χ4v) is 3.83. The van der Waals surface area contributed by atoms with Crippen LogP contribution in [0.15, 0.2) is 84.9 Å². The maximum Gasteiger partial charge on any atom is 0.220 e. The minimum atomic E-state index is 0.865. The van der Waals surface area contributed by atoms with Crippen molar-refractivity contribution in [3.05, 3.63) is 102 Å². The maximum absolute atomic E-state index is 5.33. The highest BCUT2D eigenvalue weighted by molar-refractivity contribution is 6.32. The van der Waals surface area contributed by atoms with Gasteiger partial charge in [-0.1, -0.05) is 36.4 Å². The molecule has 0 saturated heterocycles. The van der Waals surface area contributed by atoms with Gasteiger partial charge in [0.1, 0.15) is 12.8 Å². The summed E-state index contributed by atoms with van der Waals surface area (Å²) in [6.45, 7) is 0. The van der Waals surface area contributed by atoms with Crippen LogP contribution in [0.1, 0.15) is 16.7 Å². The molecule has 0 fully saturated rings. The van der Waals surface area contributed by atoms with Crippen molar-refractivity contribution in [2.75, 3.05) is 33.2 Å². The van der Waals surface area contributed by atoms with E-state index < -0.39 is 0 Å². The molecule has 1 aliphatic heterocycles. The summed E-state index contributed by atoms with van der Waals surface area (Å²) >= 11 is 0. The first-order valence-corrected chi connectivity index (χ1v) is 10.1. The molecule has 0 atom stereocenters. The van der Waals surface area contributed by atoms with Crippen LogP contribution in [0.5, 0.6) is 5.75 Å². The summed E-state index contributed by atoms with van der Waals surface area (Å²) < 4.78 is 7.60. The number of allylic oxidation sites excluding steroid dienone is 3. The molecule has 0 saturated carbocycles. The molecule has 4 rings (SSSR count). The molecule has 3 aromatic carbocycles. The zero-order valence-electron chi connectivity index (χ0n) is 18.0. The van der Waals surface area contributed by atoms with Crippen LogP contribution < -0.4 is 9.64 Å². The quantitative estimate of drug-likeness (QED) is 0.520. The molecule has 0 amide bonds. The molecule has 0 aromatic heterocycles. The van der Waals surface area contributed by atoms with E-state index in [9.17, 15) is 0 Å². The topological polar surface area (TPSA) is 15.5 Å². The Morgan fingerprint density at radius 1 is 0.867 bits per heavy atom. The Morgan fingerprint density at radius 3 is 2.23 bits per heavy atom. The lowest BCUT2D eigenvalue weighted by atomic mass is 9.97. The molecule has 0 radical (unpaired) electrons. The summed E-state index contributed by atoms with van der Waals surface area (Å²) in [5.41, 5.74) is 8.45. The normalized spacial score (nSPS) is 14.5. The fourth-order valence-electron chi connectivity index (χ4n) is 3.83. The van der Waals surface area contributed by atoms with Crippen molar-refractivity contribution in [3.63, 3.8) is 0 Å². The summed E-state index contributed by atoms with van der Waals surface area (Å²) in [6, 6.07) is 25.4. The molecule has 0 N–H and O–H groups in total. The second kappa shape index (κ2) is 8.42. The van der Waals surface area contributed by atoms with Crippen LogP contribution >= 0.6 is 0 Å². The average Bonchev–Trinajstić information content (AvgIpc) is 3.06. The average molecular weight is 396 g/mol. The number of nitrogens with zero attached hydrogens (tertiary/aromatic N) is 2. The number of fused-ring (bicyclic) bond motifs is 1. The number of anilines is 1. The molecular formula is C27H27N2O+. The third-order valence-electron chi connectivity index (χ3n) is 5.47. The predicted octanol–water partition coefficient (Wildman–Crippen LogP) is 5.63. The molecule has 1 heterocycles. The van der Waals surface area contributed by atoms with Crippen LogP contribution in [0.2, 0.25) is 0 Å². The molecule has 150 valence electrons. The summed E-state index contributed by atoms with van der Waals surface area (Å²) in [5.74, 6) is 0.865. The van der Waals surface area contributed by atoms with Gasteiger partial charge in [0, 0.05) is 31.4 Å². The minimum absolute atomic E-state index is 0.865. The van der Waals surface area contributed by atoms with Crippen molar-refractivity contribution >= 4 is 28.7 Å². The standard InChI is InChI=1S/C27H27N2O/c1-28(2)22-16-12-20(13-17-22)8-7-10-25-24-9-5-6-11-26(24)29(3)27(25)21-14-18-23(30-4)19-15-21/h5-19H,1-4H3/q+1. The van der Waals surface area contributed by atoms with Gasteiger partial charge in [-0.05, 0) is 54.1 Å². The van der Waals surface area contributed by atoms with Crippen LogP contribution in [-0.2, 0) is 0 Å². The van der Waals surface area contributed by atoms with E-state index in [2.05, 4.69) is 110 Å². The largest absolute Gasteiger partial charge is 0.497 e. The van der Waals surface area contributed by atoms with E-state index in [4.69, 9.17) is 4.74 Å². The van der Waals surface area contributed by atoms with E-state index in [1.54, 1.807) is 7.11 Å². The molecule has 3 nitrogen and oxygen atoms in total. The molecule has 3 heteroatoms. The molecule has 1 aliphatic rings. The Labute approximate surface area is 178 Å². The van der Waals surface area contributed by atoms with Crippen molar-refractivity contribution in [1.82, 2.24) is 0 Å². The number of rotatable bonds is 5. The van der Waals surface area contributed by atoms with E-state index in [1.807, 2.05) is 12.1 Å². The van der Waals surface area contributed by atoms with Crippen molar-refractivity contribution in [2.24, 2.45) is 0 Å². The SMILES string of the molecule is COc1ccc(C2=[N+](C)c3ccccc3C2=CC=Cc2ccc(N(C)C)cc2)cc1. The summed E-state index contributed by atoms with van der Waals surface area (Å²) in [6.07, 6.45) is 6.50. The number of methoxy groups -OCH3 is 1. The highest BCUT2D eigenvalue weighted by Gasteiger charge is 2.32. The Morgan fingerprint density at radius 2 is 1.57 bits per heavy atom. The number of benzene rings is 3. The van der Waals surface area contributed by atoms with Crippen molar-refractivity contribution in [2.45, 2.75) is 0 Å².